The van der Waals surface area contributed by atoms with E-state index < -0.39 is 43.8 Å². The van der Waals surface area contributed by atoms with Crippen LogP contribution in [0, 0.1) is 0 Å². The molecule has 1 rings (SSSR count). The second kappa shape index (κ2) is 17.1. The lowest BCUT2D eigenvalue weighted by molar-refractivity contribution is -0.150. The number of aryl methyl sites for hydroxylation is 2. The number of nitrogens with one attached hydrogen (secondary N) is 1. The summed E-state index contributed by atoms with van der Waals surface area (Å²) in [6.45, 7) is 4.27. The number of rotatable bonds is 21. The molecule has 214 valence electrons. The van der Waals surface area contributed by atoms with Crippen LogP contribution in [0.4, 0.5) is 0 Å². The van der Waals surface area contributed by atoms with Crippen molar-refractivity contribution in [3.8, 4) is 0 Å². The van der Waals surface area contributed by atoms with Crippen LogP contribution in [-0.2, 0) is 47.4 Å². The van der Waals surface area contributed by atoms with Crippen molar-refractivity contribution in [3.63, 3.8) is 0 Å². The summed E-state index contributed by atoms with van der Waals surface area (Å²) in [5, 5.41) is 6.67. The first-order valence-electron chi connectivity index (χ1n) is 12.8. The largest absolute Gasteiger partial charge is 0.481 e. The van der Waals surface area contributed by atoms with E-state index in [4.69, 9.17) is 9.66 Å². The van der Waals surface area contributed by atoms with Gasteiger partial charge in [0.05, 0.1) is 11.4 Å². The second-order valence-corrected chi connectivity index (χ2v) is 13.3. The third-order valence-electron chi connectivity index (χ3n) is 5.70. The molecular formula is C23H40N2O9S3. The minimum atomic E-state index is -5.14. The van der Waals surface area contributed by atoms with Crippen LogP contribution in [0.1, 0.15) is 107 Å². The Morgan fingerprint density at radius 1 is 0.892 bits per heavy atom. The quantitative estimate of drug-likeness (QED) is 0.106. The molecule has 0 bridgehead atoms. The van der Waals surface area contributed by atoms with Gasteiger partial charge in [0, 0.05) is 4.88 Å². The summed E-state index contributed by atoms with van der Waals surface area (Å²) >= 11 is 1.29. The average molecular weight is 585 g/mol. The lowest BCUT2D eigenvalue weighted by Crippen LogP contribution is -2.38. The van der Waals surface area contributed by atoms with Gasteiger partial charge in [0.25, 0.3) is 20.1 Å². The van der Waals surface area contributed by atoms with E-state index >= 15 is 0 Å². The summed E-state index contributed by atoms with van der Waals surface area (Å²) in [6.07, 6.45) is 12.3. The maximum absolute atomic E-state index is 12.9. The van der Waals surface area contributed by atoms with Gasteiger partial charge in [0.2, 0.25) is 0 Å². The molecule has 0 aliphatic rings. The molecule has 37 heavy (non-hydrogen) atoms. The Labute approximate surface area is 224 Å². The van der Waals surface area contributed by atoms with Gasteiger partial charge in [-0.05, 0) is 30.6 Å². The summed E-state index contributed by atoms with van der Waals surface area (Å²) < 4.78 is 57.7. The third kappa shape index (κ3) is 13.1. The molecule has 14 heteroatoms. The van der Waals surface area contributed by atoms with Crippen LogP contribution in [0.15, 0.2) is 5.03 Å². The van der Waals surface area contributed by atoms with Crippen LogP contribution < -0.4 is 4.89 Å². The number of carbonyl (C=O) groups is 2. The standard InChI is InChI=1S/C23H40N2O9S3/c1-3-5-7-9-11-13-15-18-22(24-20(35-18)16-14-12-10-8-6-4-2)36(29,30)25-34-23(28)19(17-21(26)27)37(31,32)33/h19,25H,3-17H2,1-2H3,(H,26,27)(H,31,32,33). The lowest BCUT2D eigenvalue weighted by atomic mass is 10.1. The van der Waals surface area contributed by atoms with E-state index in [2.05, 4.69) is 23.7 Å². The van der Waals surface area contributed by atoms with Gasteiger partial charge >= 0.3 is 11.9 Å². The van der Waals surface area contributed by atoms with Gasteiger partial charge in [-0.15, -0.1) is 11.3 Å². The summed E-state index contributed by atoms with van der Waals surface area (Å²) in [5.41, 5.74) is 0. The zero-order chi connectivity index (χ0) is 27.9. The maximum Gasteiger partial charge on any atom is 0.347 e. The topological polar surface area (TPSA) is 177 Å². The van der Waals surface area contributed by atoms with Crippen molar-refractivity contribution in [1.29, 1.82) is 0 Å². The molecule has 11 nitrogen and oxygen atoms in total. The van der Waals surface area contributed by atoms with Crippen LogP contribution in [0.3, 0.4) is 0 Å². The van der Waals surface area contributed by atoms with Gasteiger partial charge in [-0.25, -0.2) is 18.2 Å². The van der Waals surface area contributed by atoms with E-state index in [9.17, 15) is 26.4 Å². The fraction of sp³-hybridized carbons (Fsp3) is 0.783. The minimum Gasteiger partial charge on any atom is -0.481 e. The zero-order valence-corrected chi connectivity index (χ0v) is 24.1. The van der Waals surface area contributed by atoms with E-state index in [0.29, 0.717) is 22.7 Å². The Balaban J connectivity index is 2.94. The number of carboxylic acids is 1. The number of nitrogens with zero attached hydrogens (tertiary/aromatic N) is 1. The Hall–Kier alpha value is -1.61. The third-order valence-corrected chi connectivity index (χ3v) is 9.23. The predicted molar refractivity (Wildman–Crippen MR) is 140 cm³/mol. The Morgan fingerprint density at radius 3 is 1.92 bits per heavy atom. The van der Waals surface area contributed by atoms with Crippen molar-refractivity contribution in [2.45, 2.75) is 120 Å². The fourth-order valence-corrected chi connectivity index (χ4v) is 6.76. The minimum absolute atomic E-state index is 0.290. The van der Waals surface area contributed by atoms with Crippen molar-refractivity contribution in [2.24, 2.45) is 0 Å². The number of hydrogen-bond donors (Lipinski definition) is 3. The summed E-state index contributed by atoms with van der Waals surface area (Å²) in [7, 11) is -9.62. The Kier molecular flexibility index (Phi) is 15.4. The van der Waals surface area contributed by atoms with Crippen molar-refractivity contribution in [2.75, 3.05) is 0 Å². The van der Waals surface area contributed by atoms with Crippen molar-refractivity contribution >= 4 is 43.4 Å². The van der Waals surface area contributed by atoms with Gasteiger partial charge in [0.15, 0.2) is 10.3 Å². The van der Waals surface area contributed by atoms with E-state index in [1.54, 1.807) is 4.89 Å². The van der Waals surface area contributed by atoms with Gasteiger partial charge < -0.3 is 9.94 Å². The molecule has 1 atom stereocenters. The van der Waals surface area contributed by atoms with Crippen LogP contribution in [-0.4, -0.2) is 48.7 Å². The van der Waals surface area contributed by atoms with Crippen LogP contribution in [0.5, 0.6) is 0 Å². The Morgan fingerprint density at radius 2 is 1.41 bits per heavy atom. The average Bonchev–Trinajstić information content (AvgIpc) is 3.23. The molecule has 0 fully saturated rings. The van der Waals surface area contributed by atoms with Crippen LogP contribution in [0.25, 0.3) is 0 Å². The van der Waals surface area contributed by atoms with E-state index in [-0.39, 0.29) is 5.03 Å². The van der Waals surface area contributed by atoms with Crippen molar-refractivity contribution in [3.05, 3.63) is 9.88 Å². The molecule has 1 aromatic rings. The molecule has 0 saturated heterocycles. The first-order chi connectivity index (χ1) is 17.4. The Bertz CT molecular complexity index is 1050. The molecule has 0 radical (unpaired) electrons. The molecule has 1 aromatic heterocycles. The number of aromatic nitrogens is 1. The molecule has 0 aliphatic carbocycles. The molecule has 0 saturated carbocycles. The van der Waals surface area contributed by atoms with Crippen molar-refractivity contribution < 1.29 is 40.9 Å². The van der Waals surface area contributed by atoms with Gasteiger partial charge in [-0.1, -0.05) is 78.1 Å². The predicted octanol–water partition coefficient (Wildman–Crippen LogP) is 4.42. The van der Waals surface area contributed by atoms with Gasteiger partial charge in [-0.3, -0.25) is 9.35 Å². The normalized spacial score (nSPS) is 12.9. The highest BCUT2D eigenvalue weighted by Gasteiger charge is 2.36. The SMILES string of the molecule is CCCCCCCCc1nc(S(=O)(=O)NOC(=O)C(CC(=O)O)S(=O)(=O)O)c(CCCCCCCC)s1. The summed E-state index contributed by atoms with van der Waals surface area (Å²) in [5.74, 6) is -3.45. The van der Waals surface area contributed by atoms with Gasteiger partial charge in [0.1, 0.15) is 0 Å². The molecule has 0 aliphatic heterocycles. The first-order valence-corrected chi connectivity index (χ1v) is 16.6. The fourth-order valence-electron chi connectivity index (χ4n) is 3.65. The molecule has 0 aromatic carbocycles. The zero-order valence-electron chi connectivity index (χ0n) is 21.6. The highest BCUT2D eigenvalue weighted by Crippen LogP contribution is 2.27. The molecule has 1 heterocycles. The number of unbranched alkanes of at least 4 members (excludes halogenated alkanes) is 10. The molecule has 0 spiro atoms. The van der Waals surface area contributed by atoms with Gasteiger partial charge in [-0.2, -0.15) is 8.42 Å². The summed E-state index contributed by atoms with van der Waals surface area (Å²) in [6, 6.07) is 0. The highest BCUT2D eigenvalue weighted by molar-refractivity contribution is 7.89. The number of thiazole rings is 1. The number of carboxylic acid groups (broad SMARTS) is 1. The number of carbonyl (C=O) groups excluding carboxylic acids is 1. The molecule has 0 amide bonds. The lowest BCUT2D eigenvalue weighted by Gasteiger charge is -2.11. The van der Waals surface area contributed by atoms with E-state index in [1.807, 2.05) is 0 Å². The van der Waals surface area contributed by atoms with E-state index in [1.165, 1.54) is 17.8 Å². The van der Waals surface area contributed by atoms with Crippen LogP contribution in [0.2, 0.25) is 0 Å². The molecule has 1 unspecified atom stereocenters. The number of sulfonamides is 1. The molecule has 3 N–H and O–H groups in total. The summed E-state index contributed by atoms with van der Waals surface area (Å²) in [4.78, 5) is 33.7. The van der Waals surface area contributed by atoms with Crippen molar-refractivity contribution in [1.82, 2.24) is 9.87 Å². The number of aliphatic carboxylic acids is 1. The maximum atomic E-state index is 12.9. The molecular weight excluding hydrogens is 544 g/mol. The van der Waals surface area contributed by atoms with Crippen LogP contribution >= 0.6 is 11.3 Å². The first kappa shape index (κ1) is 33.4. The number of hydrogen-bond acceptors (Lipinski definition) is 9. The van der Waals surface area contributed by atoms with E-state index in [0.717, 1.165) is 70.6 Å². The second-order valence-electron chi connectivity index (χ2n) is 8.98. The highest BCUT2D eigenvalue weighted by atomic mass is 32.2. The monoisotopic (exact) mass is 584 g/mol. The smallest absolute Gasteiger partial charge is 0.347 e.